The maximum absolute atomic E-state index is 13.4. The molecular formula is C22H19F4N5O. The van der Waals surface area contributed by atoms with Gasteiger partial charge in [-0.1, -0.05) is 6.07 Å². The fourth-order valence-corrected chi connectivity index (χ4v) is 3.48. The molecule has 0 aliphatic rings. The summed E-state index contributed by atoms with van der Waals surface area (Å²) in [5, 5.41) is 4.26. The molecule has 4 rings (SSSR count). The number of alkyl halides is 3. The van der Waals surface area contributed by atoms with Gasteiger partial charge in [-0.15, -0.1) is 0 Å². The van der Waals surface area contributed by atoms with E-state index in [4.69, 9.17) is 4.74 Å². The highest BCUT2D eigenvalue weighted by atomic mass is 19.4. The van der Waals surface area contributed by atoms with Crippen molar-refractivity contribution in [2.75, 3.05) is 7.11 Å². The standard InChI is InChI=1S/C22H19F4N5O/c1-13-11-31(12-27-13)18-7-5-15(8-19(18)32-3)21-28-20(29-30(21)2)9-14-4-6-16(23)10-17(14)22(24,25)26/h4-8,10-12H,9H2,1-3H3. The van der Waals surface area contributed by atoms with Crippen molar-refractivity contribution in [3.8, 4) is 22.8 Å². The molecule has 0 bridgehead atoms. The van der Waals surface area contributed by atoms with E-state index >= 15 is 0 Å². The van der Waals surface area contributed by atoms with Gasteiger partial charge < -0.3 is 9.30 Å². The largest absolute Gasteiger partial charge is 0.495 e. The lowest BCUT2D eigenvalue weighted by Crippen LogP contribution is -2.10. The number of rotatable bonds is 5. The van der Waals surface area contributed by atoms with Gasteiger partial charge in [0.2, 0.25) is 0 Å². The summed E-state index contributed by atoms with van der Waals surface area (Å²) < 4.78 is 62.1. The van der Waals surface area contributed by atoms with Crippen LogP contribution in [0.1, 0.15) is 22.6 Å². The predicted molar refractivity (Wildman–Crippen MR) is 109 cm³/mol. The SMILES string of the molecule is COc1cc(-c2nc(Cc3ccc(F)cc3C(F)(F)F)nn2C)ccc1-n1cnc(C)c1. The zero-order valence-corrected chi connectivity index (χ0v) is 17.5. The fourth-order valence-electron chi connectivity index (χ4n) is 3.48. The van der Waals surface area contributed by atoms with Crippen molar-refractivity contribution < 1.29 is 22.3 Å². The highest BCUT2D eigenvalue weighted by molar-refractivity contribution is 5.63. The van der Waals surface area contributed by atoms with Gasteiger partial charge in [0.25, 0.3) is 0 Å². The van der Waals surface area contributed by atoms with E-state index in [9.17, 15) is 17.6 Å². The molecule has 2 aromatic carbocycles. The number of nitrogens with zero attached hydrogens (tertiary/aromatic N) is 5. The molecule has 6 nitrogen and oxygen atoms in total. The fraction of sp³-hybridized carbons (Fsp3) is 0.227. The lowest BCUT2D eigenvalue weighted by Gasteiger charge is -2.11. The molecular weight excluding hydrogens is 426 g/mol. The summed E-state index contributed by atoms with van der Waals surface area (Å²) in [6.07, 6.45) is -1.33. The predicted octanol–water partition coefficient (Wildman–Crippen LogP) is 4.73. The Labute approximate surface area is 181 Å². The molecule has 0 saturated carbocycles. The van der Waals surface area contributed by atoms with Gasteiger partial charge >= 0.3 is 6.18 Å². The molecule has 4 aromatic rings. The molecule has 0 amide bonds. The van der Waals surface area contributed by atoms with E-state index in [0.29, 0.717) is 23.2 Å². The minimum atomic E-state index is -4.68. The Morgan fingerprint density at radius 1 is 1.09 bits per heavy atom. The van der Waals surface area contributed by atoms with Crippen LogP contribution >= 0.6 is 0 Å². The van der Waals surface area contributed by atoms with Crippen molar-refractivity contribution in [2.45, 2.75) is 19.5 Å². The molecule has 0 aliphatic heterocycles. The first-order chi connectivity index (χ1) is 15.2. The third-order valence-electron chi connectivity index (χ3n) is 4.96. The van der Waals surface area contributed by atoms with Gasteiger partial charge in [-0.25, -0.2) is 19.0 Å². The van der Waals surface area contributed by atoms with Crippen LogP contribution in [-0.4, -0.2) is 31.4 Å². The summed E-state index contributed by atoms with van der Waals surface area (Å²) in [6, 6.07) is 8.03. The van der Waals surface area contributed by atoms with Crippen LogP contribution in [0.15, 0.2) is 48.9 Å². The van der Waals surface area contributed by atoms with Crippen LogP contribution in [0.2, 0.25) is 0 Å². The van der Waals surface area contributed by atoms with Gasteiger partial charge in [-0.05, 0) is 42.8 Å². The highest BCUT2D eigenvalue weighted by Gasteiger charge is 2.34. The molecule has 2 aromatic heterocycles. The Kier molecular flexibility index (Phi) is 5.45. The molecule has 0 radical (unpaired) electrons. The van der Waals surface area contributed by atoms with Crippen LogP contribution in [0.5, 0.6) is 5.75 Å². The van der Waals surface area contributed by atoms with Gasteiger partial charge in [-0.2, -0.15) is 18.3 Å². The third-order valence-corrected chi connectivity index (χ3v) is 4.96. The van der Waals surface area contributed by atoms with Gasteiger partial charge in [0, 0.05) is 25.2 Å². The average Bonchev–Trinajstić information content (AvgIpc) is 3.33. The summed E-state index contributed by atoms with van der Waals surface area (Å²) in [5.74, 6) is 0.272. The van der Waals surface area contributed by atoms with Crippen molar-refractivity contribution in [3.63, 3.8) is 0 Å². The molecule has 0 aliphatic carbocycles. The van der Waals surface area contributed by atoms with Crippen LogP contribution in [0, 0.1) is 12.7 Å². The second-order valence-corrected chi connectivity index (χ2v) is 7.26. The normalized spacial score (nSPS) is 11.7. The second-order valence-electron chi connectivity index (χ2n) is 7.26. The third kappa shape index (κ3) is 4.20. The average molecular weight is 445 g/mol. The second kappa shape index (κ2) is 8.10. The van der Waals surface area contributed by atoms with Crippen LogP contribution < -0.4 is 4.74 Å². The number of aryl methyl sites for hydroxylation is 2. The number of benzene rings is 2. The van der Waals surface area contributed by atoms with Crippen LogP contribution in [0.3, 0.4) is 0 Å². The zero-order chi connectivity index (χ0) is 23.0. The van der Waals surface area contributed by atoms with Crippen LogP contribution in [0.4, 0.5) is 17.6 Å². The Bertz CT molecular complexity index is 1280. The topological polar surface area (TPSA) is 57.8 Å². The molecule has 0 spiro atoms. The van der Waals surface area contributed by atoms with Gasteiger partial charge in [-0.3, -0.25) is 0 Å². The Morgan fingerprint density at radius 3 is 2.53 bits per heavy atom. The van der Waals surface area contributed by atoms with E-state index in [0.717, 1.165) is 23.5 Å². The van der Waals surface area contributed by atoms with E-state index in [1.165, 1.54) is 4.68 Å². The minimum Gasteiger partial charge on any atom is -0.495 e. The number of hydrogen-bond acceptors (Lipinski definition) is 4. The molecule has 0 N–H and O–H groups in total. The number of hydrogen-bond donors (Lipinski definition) is 0. The van der Waals surface area contributed by atoms with Crippen molar-refractivity contribution >= 4 is 0 Å². The van der Waals surface area contributed by atoms with E-state index in [1.807, 2.05) is 29.8 Å². The quantitative estimate of drug-likeness (QED) is 0.417. The van der Waals surface area contributed by atoms with Gasteiger partial charge in [0.1, 0.15) is 11.6 Å². The number of ether oxygens (including phenoxy) is 1. The number of imidazole rings is 1. The first-order valence-corrected chi connectivity index (χ1v) is 9.60. The Morgan fingerprint density at radius 2 is 1.88 bits per heavy atom. The van der Waals surface area contributed by atoms with Crippen molar-refractivity contribution in [1.82, 2.24) is 24.3 Å². The lowest BCUT2D eigenvalue weighted by molar-refractivity contribution is -0.138. The molecule has 0 unspecified atom stereocenters. The summed E-state index contributed by atoms with van der Waals surface area (Å²) in [7, 11) is 3.20. The van der Waals surface area contributed by atoms with E-state index in [1.54, 1.807) is 26.6 Å². The molecule has 0 atom stereocenters. The van der Waals surface area contributed by atoms with E-state index in [-0.39, 0.29) is 17.8 Å². The first kappa shape index (κ1) is 21.5. The summed E-state index contributed by atoms with van der Waals surface area (Å²) in [6.45, 7) is 1.88. The molecule has 32 heavy (non-hydrogen) atoms. The van der Waals surface area contributed by atoms with Crippen LogP contribution in [0.25, 0.3) is 17.1 Å². The highest BCUT2D eigenvalue weighted by Crippen LogP contribution is 2.34. The molecule has 0 fully saturated rings. The monoisotopic (exact) mass is 445 g/mol. The lowest BCUT2D eigenvalue weighted by atomic mass is 10.0. The van der Waals surface area contributed by atoms with Crippen molar-refractivity contribution in [1.29, 1.82) is 0 Å². The zero-order valence-electron chi connectivity index (χ0n) is 17.5. The molecule has 166 valence electrons. The summed E-state index contributed by atoms with van der Waals surface area (Å²) in [4.78, 5) is 8.63. The van der Waals surface area contributed by atoms with E-state index in [2.05, 4.69) is 15.1 Å². The van der Waals surface area contributed by atoms with Crippen LogP contribution in [-0.2, 0) is 19.6 Å². The maximum atomic E-state index is 13.4. The smallest absolute Gasteiger partial charge is 0.416 e. The Hall–Kier alpha value is -3.69. The maximum Gasteiger partial charge on any atom is 0.416 e. The van der Waals surface area contributed by atoms with Crippen molar-refractivity contribution in [2.24, 2.45) is 7.05 Å². The minimum absolute atomic E-state index is 0.0977. The van der Waals surface area contributed by atoms with E-state index < -0.39 is 17.6 Å². The molecule has 0 saturated heterocycles. The number of aromatic nitrogens is 5. The summed E-state index contributed by atoms with van der Waals surface area (Å²) >= 11 is 0. The van der Waals surface area contributed by atoms with Gasteiger partial charge in [0.15, 0.2) is 11.6 Å². The Balaban J connectivity index is 1.68. The first-order valence-electron chi connectivity index (χ1n) is 9.60. The number of methoxy groups -OCH3 is 1. The van der Waals surface area contributed by atoms with Crippen molar-refractivity contribution in [3.05, 3.63) is 77.4 Å². The summed E-state index contributed by atoms with van der Waals surface area (Å²) in [5.41, 5.74) is 1.18. The molecule has 2 heterocycles. The molecule has 10 heteroatoms. The van der Waals surface area contributed by atoms with Gasteiger partial charge in [0.05, 0.1) is 30.4 Å². The number of halogens is 4.